The summed E-state index contributed by atoms with van der Waals surface area (Å²) in [6.45, 7) is 2.45. The van der Waals surface area contributed by atoms with E-state index in [0.29, 0.717) is 23.6 Å². The van der Waals surface area contributed by atoms with Crippen LogP contribution in [-0.4, -0.2) is 23.6 Å². The van der Waals surface area contributed by atoms with Crippen molar-refractivity contribution in [1.29, 1.82) is 0 Å². The first-order valence-corrected chi connectivity index (χ1v) is 6.47. The number of carboxylic acid groups (broad SMARTS) is 1. The van der Waals surface area contributed by atoms with Gasteiger partial charge in [0.2, 0.25) is 0 Å². The lowest BCUT2D eigenvalue weighted by atomic mass is 10.1. The third-order valence-electron chi connectivity index (χ3n) is 2.79. The zero-order chi connectivity index (χ0) is 15.2. The molecule has 0 radical (unpaired) electrons. The molecule has 108 valence electrons. The number of ether oxygens (including phenoxy) is 1. The molecule has 0 fully saturated rings. The van der Waals surface area contributed by atoms with Crippen LogP contribution in [0.2, 0.25) is 0 Å². The fourth-order valence-corrected chi connectivity index (χ4v) is 1.80. The van der Waals surface area contributed by atoms with E-state index in [-0.39, 0.29) is 11.5 Å². The molecule has 0 heterocycles. The normalized spacial score (nSPS) is 9.95. The van der Waals surface area contributed by atoms with Gasteiger partial charge in [0.1, 0.15) is 5.75 Å². The molecule has 5 nitrogen and oxygen atoms in total. The molecule has 1 amide bonds. The van der Waals surface area contributed by atoms with Crippen LogP contribution in [-0.2, 0) is 0 Å². The molecule has 0 aromatic heterocycles. The highest BCUT2D eigenvalue weighted by atomic mass is 16.5. The minimum Gasteiger partial charge on any atom is -0.494 e. The number of anilines is 1. The number of carboxylic acids is 1. The molecule has 5 heteroatoms. The van der Waals surface area contributed by atoms with Gasteiger partial charge in [0, 0.05) is 11.3 Å². The Labute approximate surface area is 122 Å². The predicted octanol–water partition coefficient (Wildman–Crippen LogP) is 3.04. The van der Waals surface area contributed by atoms with Gasteiger partial charge < -0.3 is 15.2 Å². The van der Waals surface area contributed by atoms with Gasteiger partial charge in [-0.05, 0) is 49.4 Å². The van der Waals surface area contributed by atoms with Crippen molar-refractivity contribution in [3.05, 3.63) is 59.7 Å². The van der Waals surface area contributed by atoms with Gasteiger partial charge in [-0.25, -0.2) is 4.79 Å². The summed E-state index contributed by atoms with van der Waals surface area (Å²) in [6.07, 6.45) is 0. The molecule has 2 N–H and O–H groups in total. The van der Waals surface area contributed by atoms with Crippen molar-refractivity contribution in [2.24, 2.45) is 0 Å². The van der Waals surface area contributed by atoms with E-state index in [2.05, 4.69) is 5.32 Å². The highest BCUT2D eigenvalue weighted by Crippen LogP contribution is 2.15. The van der Waals surface area contributed by atoms with Gasteiger partial charge in [-0.1, -0.05) is 6.07 Å². The smallest absolute Gasteiger partial charge is 0.335 e. The molecule has 0 saturated carbocycles. The number of nitrogens with one attached hydrogen (secondary N) is 1. The molecule has 0 atom stereocenters. The third-order valence-corrected chi connectivity index (χ3v) is 2.79. The molecule has 0 aliphatic carbocycles. The monoisotopic (exact) mass is 285 g/mol. The van der Waals surface area contributed by atoms with Crippen LogP contribution in [0.5, 0.6) is 5.75 Å². The molecular weight excluding hydrogens is 270 g/mol. The Morgan fingerprint density at radius 2 is 1.81 bits per heavy atom. The van der Waals surface area contributed by atoms with Crippen LogP contribution in [0.1, 0.15) is 27.6 Å². The lowest BCUT2D eigenvalue weighted by Gasteiger charge is -2.07. The quantitative estimate of drug-likeness (QED) is 0.885. The molecule has 0 unspecified atom stereocenters. The summed E-state index contributed by atoms with van der Waals surface area (Å²) in [5.74, 6) is -0.644. The SMILES string of the molecule is CCOc1ccc(C(=O)Nc2cccc(C(=O)O)c2)cc1. The maximum absolute atomic E-state index is 12.1. The van der Waals surface area contributed by atoms with Crippen LogP contribution < -0.4 is 10.1 Å². The lowest BCUT2D eigenvalue weighted by Crippen LogP contribution is -2.12. The van der Waals surface area contributed by atoms with Crippen molar-refractivity contribution >= 4 is 17.6 Å². The van der Waals surface area contributed by atoms with Crippen molar-refractivity contribution in [3.8, 4) is 5.75 Å². The lowest BCUT2D eigenvalue weighted by molar-refractivity contribution is 0.0696. The second-order valence-corrected chi connectivity index (χ2v) is 4.30. The molecule has 0 spiro atoms. The van der Waals surface area contributed by atoms with E-state index in [1.54, 1.807) is 36.4 Å². The largest absolute Gasteiger partial charge is 0.494 e. The number of rotatable bonds is 5. The van der Waals surface area contributed by atoms with E-state index in [1.807, 2.05) is 6.92 Å². The second-order valence-electron chi connectivity index (χ2n) is 4.30. The summed E-state index contributed by atoms with van der Waals surface area (Å²) >= 11 is 0. The van der Waals surface area contributed by atoms with E-state index >= 15 is 0 Å². The molecular formula is C16H15NO4. The van der Waals surface area contributed by atoms with Crippen molar-refractivity contribution in [3.63, 3.8) is 0 Å². The molecule has 2 aromatic carbocycles. The summed E-state index contributed by atoms with van der Waals surface area (Å²) in [7, 11) is 0. The highest BCUT2D eigenvalue weighted by Gasteiger charge is 2.08. The van der Waals surface area contributed by atoms with Crippen LogP contribution in [0, 0.1) is 0 Å². The molecule has 2 rings (SSSR count). The van der Waals surface area contributed by atoms with Crippen LogP contribution in [0.15, 0.2) is 48.5 Å². The Hall–Kier alpha value is -2.82. The standard InChI is InChI=1S/C16H15NO4/c1-2-21-14-8-6-11(7-9-14)15(18)17-13-5-3-4-12(10-13)16(19)20/h3-10H,2H2,1H3,(H,17,18)(H,19,20). The van der Waals surface area contributed by atoms with Gasteiger partial charge in [0.15, 0.2) is 0 Å². The van der Waals surface area contributed by atoms with Gasteiger partial charge in [-0.3, -0.25) is 4.79 Å². The molecule has 0 saturated heterocycles. The maximum Gasteiger partial charge on any atom is 0.335 e. The van der Waals surface area contributed by atoms with Crippen molar-refractivity contribution in [2.75, 3.05) is 11.9 Å². The van der Waals surface area contributed by atoms with E-state index in [0.717, 1.165) is 0 Å². The summed E-state index contributed by atoms with van der Waals surface area (Å²) < 4.78 is 5.30. The van der Waals surface area contributed by atoms with Gasteiger partial charge in [0.25, 0.3) is 5.91 Å². The van der Waals surface area contributed by atoms with Gasteiger partial charge in [0.05, 0.1) is 12.2 Å². The Balaban J connectivity index is 2.10. The minimum absolute atomic E-state index is 0.125. The van der Waals surface area contributed by atoms with E-state index in [1.165, 1.54) is 12.1 Å². The number of benzene rings is 2. The van der Waals surface area contributed by atoms with Crippen LogP contribution in [0.25, 0.3) is 0 Å². The third kappa shape index (κ3) is 3.82. The van der Waals surface area contributed by atoms with Gasteiger partial charge in [-0.15, -0.1) is 0 Å². The highest BCUT2D eigenvalue weighted by molar-refractivity contribution is 6.04. The zero-order valence-electron chi connectivity index (χ0n) is 11.5. The van der Waals surface area contributed by atoms with Crippen molar-refractivity contribution < 1.29 is 19.4 Å². The second kappa shape index (κ2) is 6.56. The molecule has 0 aliphatic rings. The molecule has 0 aliphatic heterocycles. The van der Waals surface area contributed by atoms with Crippen LogP contribution in [0.3, 0.4) is 0 Å². The Morgan fingerprint density at radius 1 is 1.10 bits per heavy atom. The predicted molar refractivity (Wildman–Crippen MR) is 79.0 cm³/mol. The Morgan fingerprint density at radius 3 is 2.43 bits per heavy atom. The summed E-state index contributed by atoms with van der Waals surface area (Å²) in [5.41, 5.74) is 1.03. The van der Waals surface area contributed by atoms with Gasteiger partial charge >= 0.3 is 5.97 Å². The number of hydrogen-bond donors (Lipinski definition) is 2. The van der Waals surface area contributed by atoms with Crippen LogP contribution >= 0.6 is 0 Å². The number of aromatic carboxylic acids is 1. The first-order valence-electron chi connectivity index (χ1n) is 6.47. The van der Waals surface area contributed by atoms with E-state index < -0.39 is 5.97 Å². The van der Waals surface area contributed by atoms with E-state index in [4.69, 9.17) is 9.84 Å². The number of hydrogen-bond acceptors (Lipinski definition) is 3. The minimum atomic E-state index is -1.04. The topological polar surface area (TPSA) is 75.6 Å². The molecule has 21 heavy (non-hydrogen) atoms. The van der Waals surface area contributed by atoms with Crippen LogP contribution in [0.4, 0.5) is 5.69 Å². The Bertz CT molecular complexity index is 650. The average Bonchev–Trinajstić information content (AvgIpc) is 2.48. The summed E-state index contributed by atoms with van der Waals surface area (Å²) in [6, 6.07) is 12.8. The zero-order valence-corrected chi connectivity index (χ0v) is 11.5. The Kier molecular flexibility index (Phi) is 4.56. The van der Waals surface area contributed by atoms with E-state index in [9.17, 15) is 9.59 Å². The number of carbonyl (C=O) groups excluding carboxylic acids is 1. The summed E-state index contributed by atoms with van der Waals surface area (Å²) in [5, 5.41) is 11.6. The maximum atomic E-state index is 12.1. The molecule has 0 bridgehead atoms. The first kappa shape index (κ1) is 14.6. The fourth-order valence-electron chi connectivity index (χ4n) is 1.80. The number of carbonyl (C=O) groups is 2. The van der Waals surface area contributed by atoms with Crippen molar-refractivity contribution in [1.82, 2.24) is 0 Å². The fraction of sp³-hybridized carbons (Fsp3) is 0.125. The number of amides is 1. The molecule has 2 aromatic rings. The first-order chi connectivity index (χ1) is 10.1. The summed E-state index contributed by atoms with van der Waals surface area (Å²) in [4.78, 5) is 22.9. The van der Waals surface area contributed by atoms with Crippen molar-refractivity contribution in [2.45, 2.75) is 6.92 Å². The average molecular weight is 285 g/mol. The van der Waals surface area contributed by atoms with Gasteiger partial charge in [-0.2, -0.15) is 0 Å².